The Kier molecular flexibility index (Phi) is 5.55. The number of likely N-dealkylation sites (tertiary alicyclic amines) is 1. The van der Waals surface area contributed by atoms with Crippen LogP contribution in [0.3, 0.4) is 0 Å². The lowest BCUT2D eigenvalue weighted by molar-refractivity contribution is -0.0715. The maximum atomic E-state index is 13.2. The molecule has 0 saturated carbocycles. The van der Waals surface area contributed by atoms with Crippen molar-refractivity contribution in [1.82, 2.24) is 9.80 Å². The van der Waals surface area contributed by atoms with Gasteiger partial charge in [0.1, 0.15) is 0 Å². The second-order valence-corrected chi connectivity index (χ2v) is 7.98. The molecule has 1 aromatic carbocycles. The number of ether oxygens (including phenoxy) is 3. The van der Waals surface area contributed by atoms with E-state index in [1.165, 1.54) is 0 Å². The molecule has 27 heavy (non-hydrogen) atoms. The molecule has 3 aliphatic rings. The highest BCUT2D eigenvalue weighted by Crippen LogP contribution is 2.32. The van der Waals surface area contributed by atoms with Crippen molar-refractivity contribution in [3.8, 4) is 11.5 Å². The van der Waals surface area contributed by atoms with Gasteiger partial charge in [-0.25, -0.2) is 0 Å². The lowest BCUT2D eigenvalue weighted by atomic mass is 10.1. The molecule has 0 unspecified atom stereocenters. The van der Waals surface area contributed by atoms with Crippen LogP contribution in [0.25, 0.3) is 0 Å². The molecule has 2 fully saturated rings. The van der Waals surface area contributed by atoms with E-state index in [1.54, 1.807) is 0 Å². The molecule has 0 spiro atoms. The average Bonchev–Trinajstić information content (AvgIpc) is 2.95. The number of amides is 1. The lowest BCUT2D eigenvalue weighted by Crippen LogP contribution is -2.50. The second-order valence-electron chi connectivity index (χ2n) is 7.98. The van der Waals surface area contributed by atoms with E-state index in [0.29, 0.717) is 24.5 Å². The van der Waals surface area contributed by atoms with Crippen LogP contribution in [0.2, 0.25) is 0 Å². The minimum Gasteiger partial charge on any atom is -0.490 e. The van der Waals surface area contributed by atoms with Crippen LogP contribution in [-0.4, -0.2) is 73.3 Å². The van der Waals surface area contributed by atoms with Crippen LogP contribution in [0, 0.1) is 0 Å². The van der Waals surface area contributed by atoms with E-state index in [4.69, 9.17) is 14.2 Å². The van der Waals surface area contributed by atoms with Crippen molar-refractivity contribution in [1.29, 1.82) is 0 Å². The zero-order valence-electron chi connectivity index (χ0n) is 16.4. The van der Waals surface area contributed by atoms with Gasteiger partial charge in [-0.05, 0) is 44.9 Å². The second kappa shape index (κ2) is 8.07. The Morgan fingerprint density at radius 3 is 2.59 bits per heavy atom. The summed E-state index contributed by atoms with van der Waals surface area (Å²) in [5.41, 5.74) is 0.690. The molecular formula is C21H30N2O4. The van der Waals surface area contributed by atoms with Crippen LogP contribution in [0.1, 0.15) is 43.5 Å². The fourth-order valence-electron chi connectivity index (χ4n) is 4.49. The molecule has 0 bridgehead atoms. The maximum Gasteiger partial charge on any atom is 0.254 e. The molecule has 148 valence electrons. The zero-order chi connectivity index (χ0) is 18.8. The van der Waals surface area contributed by atoms with Gasteiger partial charge in [-0.1, -0.05) is 0 Å². The number of morpholine rings is 1. The number of hydrogen-bond acceptors (Lipinski definition) is 5. The largest absolute Gasteiger partial charge is 0.490 e. The number of rotatable bonds is 3. The summed E-state index contributed by atoms with van der Waals surface area (Å²) in [7, 11) is 0. The third kappa shape index (κ3) is 4.22. The van der Waals surface area contributed by atoms with Crippen LogP contribution in [0.5, 0.6) is 11.5 Å². The molecule has 3 heterocycles. The van der Waals surface area contributed by atoms with Crippen LogP contribution in [0.4, 0.5) is 0 Å². The van der Waals surface area contributed by atoms with Crippen LogP contribution in [0.15, 0.2) is 18.2 Å². The van der Waals surface area contributed by atoms with E-state index in [9.17, 15) is 4.79 Å². The quantitative estimate of drug-likeness (QED) is 0.814. The van der Waals surface area contributed by atoms with E-state index >= 15 is 0 Å². The van der Waals surface area contributed by atoms with Gasteiger partial charge in [0.05, 0.1) is 25.4 Å². The first-order valence-corrected chi connectivity index (χ1v) is 10.2. The van der Waals surface area contributed by atoms with Gasteiger partial charge in [-0.2, -0.15) is 0 Å². The molecule has 0 radical (unpaired) electrons. The summed E-state index contributed by atoms with van der Waals surface area (Å²) in [6.45, 7) is 9.16. The lowest BCUT2D eigenvalue weighted by Gasteiger charge is -2.38. The monoisotopic (exact) mass is 374 g/mol. The predicted octanol–water partition coefficient (Wildman–Crippen LogP) is 2.56. The van der Waals surface area contributed by atoms with E-state index in [-0.39, 0.29) is 24.2 Å². The molecule has 0 N–H and O–H groups in total. The first kappa shape index (κ1) is 18.6. The van der Waals surface area contributed by atoms with Gasteiger partial charge >= 0.3 is 0 Å². The molecule has 6 nitrogen and oxygen atoms in total. The standard InChI is InChI=1S/C21H30N2O4/c1-15-12-22(13-16(2)27-15)14-18-5-3-8-23(18)21(24)17-6-7-19-20(11-17)26-10-4-9-25-19/h6-7,11,15-16,18H,3-5,8-10,12-14H2,1-2H3/t15-,16+,18-/m1/s1. The normalized spacial score (nSPS) is 28.8. The topological polar surface area (TPSA) is 51.2 Å². The average molecular weight is 374 g/mol. The van der Waals surface area contributed by atoms with Crippen molar-refractivity contribution in [2.75, 3.05) is 39.4 Å². The number of carbonyl (C=O) groups excluding carboxylic acids is 1. The molecule has 6 heteroatoms. The fraction of sp³-hybridized carbons (Fsp3) is 0.667. The summed E-state index contributed by atoms with van der Waals surface area (Å²) < 4.78 is 17.3. The highest BCUT2D eigenvalue weighted by atomic mass is 16.5. The minimum absolute atomic E-state index is 0.0995. The van der Waals surface area contributed by atoms with Gasteiger partial charge in [0.15, 0.2) is 11.5 Å². The Morgan fingerprint density at radius 1 is 1.07 bits per heavy atom. The van der Waals surface area contributed by atoms with Crippen molar-refractivity contribution < 1.29 is 19.0 Å². The molecule has 2 saturated heterocycles. The number of benzene rings is 1. The van der Waals surface area contributed by atoms with Crippen LogP contribution < -0.4 is 9.47 Å². The van der Waals surface area contributed by atoms with E-state index in [2.05, 4.69) is 18.7 Å². The van der Waals surface area contributed by atoms with Gasteiger partial charge < -0.3 is 19.1 Å². The number of carbonyl (C=O) groups is 1. The molecule has 1 aromatic rings. The summed E-state index contributed by atoms with van der Waals surface area (Å²) >= 11 is 0. The fourth-order valence-corrected chi connectivity index (χ4v) is 4.49. The van der Waals surface area contributed by atoms with E-state index in [1.807, 2.05) is 23.1 Å². The van der Waals surface area contributed by atoms with Gasteiger partial charge in [0.2, 0.25) is 0 Å². The van der Waals surface area contributed by atoms with Crippen molar-refractivity contribution in [2.45, 2.75) is 51.4 Å². The number of nitrogens with zero attached hydrogens (tertiary/aromatic N) is 2. The minimum atomic E-state index is 0.0995. The third-order valence-corrected chi connectivity index (χ3v) is 5.60. The Labute approximate surface area is 161 Å². The smallest absolute Gasteiger partial charge is 0.254 e. The van der Waals surface area contributed by atoms with Gasteiger partial charge in [0.25, 0.3) is 5.91 Å². The first-order valence-electron chi connectivity index (χ1n) is 10.2. The zero-order valence-corrected chi connectivity index (χ0v) is 16.4. The van der Waals surface area contributed by atoms with Crippen LogP contribution in [-0.2, 0) is 4.74 Å². The van der Waals surface area contributed by atoms with Gasteiger partial charge in [-0.15, -0.1) is 0 Å². The van der Waals surface area contributed by atoms with Gasteiger partial charge in [0, 0.05) is 44.2 Å². The van der Waals surface area contributed by atoms with Gasteiger partial charge in [-0.3, -0.25) is 9.69 Å². The first-order chi connectivity index (χ1) is 13.1. The van der Waals surface area contributed by atoms with E-state index < -0.39 is 0 Å². The van der Waals surface area contributed by atoms with E-state index in [0.717, 1.165) is 51.2 Å². The Morgan fingerprint density at radius 2 is 1.81 bits per heavy atom. The van der Waals surface area contributed by atoms with Crippen molar-refractivity contribution in [3.05, 3.63) is 23.8 Å². The third-order valence-electron chi connectivity index (χ3n) is 5.60. The molecule has 0 aliphatic carbocycles. The molecular weight excluding hydrogens is 344 g/mol. The predicted molar refractivity (Wildman–Crippen MR) is 103 cm³/mol. The Bertz CT molecular complexity index is 670. The van der Waals surface area contributed by atoms with Crippen LogP contribution >= 0.6 is 0 Å². The molecule has 3 atom stereocenters. The summed E-state index contributed by atoms with van der Waals surface area (Å²) in [4.78, 5) is 17.7. The summed E-state index contributed by atoms with van der Waals surface area (Å²) in [5.74, 6) is 1.52. The molecule has 1 amide bonds. The Hall–Kier alpha value is -1.79. The number of fused-ring (bicyclic) bond motifs is 1. The highest BCUT2D eigenvalue weighted by Gasteiger charge is 2.33. The summed E-state index contributed by atoms with van der Waals surface area (Å²) in [6.07, 6.45) is 3.50. The molecule has 3 aliphatic heterocycles. The Balaban J connectivity index is 1.45. The van der Waals surface area contributed by atoms with Crippen molar-refractivity contribution in [3.63, 3.8) is 0 Å². The number of hydrogen-bond donors (Lipinski definition) is 0. The molecule has 0 aromatic heterocycles. The SMILES string of the molecule is C[C@@H]1CN(C[C@H]2CCCN2C(=O)c2ccc3c(c2)OCCCO3)C[C@H](C)O1. The summed E-state index contributed by atoms with van der Waals surface area (Å²) in [6, 6.07) is 5.84. The van der Waals surface area contributed by atoms with Crippen molar-refractivity contribution >= 4 is 5.91 Å². The van der Waals surface area contributed by atoms with Crippen molar-refractivity contribution in [2.24, 2.45) is 0 Å². The highest BCUT2D eigenvalue weighted by molar-refractivity contribution is 5.95. The summed E-state index contributed by atoms with van der Waals surface area (Å²) in [5, 5.41) is 0. The molecule has 4 rings (SSSR count). The maximum absolute atomic E-state index is 13.2.